The second kappa shape index (κ2) is 7.16. The highest BCUT2D eigenvalue weighted by molar-refractivity contribution is 5.36. The van der Waals surface area contributed by atoms with Gasteiger partial charge in [-0.25, -0.2) is 0 Å². The van der Waals surface area contributed by atoms with E-state index in [1.807, 2.05) is 13.8 Å². The van der Waals surface area contributed by atoms with Crippen LogP contribution in [0.4, 0.5) is 0 Å². The monoisotopic (exact) mass is 210 g/mol. The van der Waals surface area contributed by atoms with E-state index >= 15 is 0 Å². The first kappa shape index (κ1) is 13.8. The van der Waals surface area contributed by atoms with Gasteiger partial charge in [-0.1, -0.05) is 26.0 Å². The molecule has 0 spiro atoms. The van der Waals surface area contributed by atoms with Crippen molar-refractivity contribution >= 4 is 0 Å². The number of hydrogen-bond donors (Lipinski definition) is 0. The Labute approximate surface area is 93.3 Å². The van der Waals surface area contributed by atoms with Crippen LogP contribution in [0.25, 0.3) is 0 Å². The molecule has 0 unspecified atom stereocenters. The molecular formula is C13H22O2. The molecule has 0 saturated heterocycles. The smallest absolute Gasteiger partial charge is 0.163 e. The molecule has 0 fully saturated rings. The summed E-state index contributed by atoms with van der Waals surface area (Å²) < 4.78 is 10.7. The van der Waals surface area contributed by atoms with E-state index in [4.69, 9.17) is 9.47 Å². The summed E-state index contributed by atoms with van der Waals surface area (Å²) in [6, 6.07) is 0. The van der Waals surface area contributed by atoms with Crippen molar-refractivity contribution in [1.29, 1.82) is 0 Å². The van der Waals surface area contributed by atoms with Crippen molar-refractivity contribution in [1.82, 2.24) is 0 Å². The van der Waals surface area contributed by atoms with Crippen LogP contribution in [-0.2, 0) is 9.47 Å². The third-order valence-electron chi connectivity index (χ3n) is 2.16. The number of hydrogen-bond acceptors (Lipinski definition) is 2. The van der Waals surface area contributed by atoms with Crippen LogP contribution in [0.3, 0.4) is 0 Å². The Bertz CT molecular complexity index is 272. The molecule has 0 amide bonds. The van der Waals surface area contributed by atoms with Gasteiger partial charge in [-0.15, -0.1) is 0 Å². The molecule has 0 aromatic rings. The highest BCUT2D eigenvalue weighted by atomic mass is 16.5. The fourth-order valence-electron chi connectivity index (χ4n) is 1.49. The molecule has 0 aliphatic rings. The first-order valence-corrected chi connectivity index (χ1v) is 5.25. The Morgan fingerprint density at radius 2 is 1.73 bits per heavy atom. The molecule has 0 N–H and O–H groups in total. The molecule has 2 nitrogen and oxygen atoms in total. The zero-order valence-corrected chi connectivity index (χ0v) is 10.5. The quantitative estimate of drug-likeness (QED) is 0.490. The van der Waals surface area contributed by atoms with Crippen LogP contribution >= 0.6 is 0 Å². The van der Waals surface area contributed by atoms with Crippen LogP contribution in [0.1, 0.15) is 33.6 Å². The SMILES string of the molecule is C=C(C)/C(OC)=C(OC)\C(=C/C)CCC. The predicted molar refractivity (Wildman–Crippen MR) is 64.5 cm³/mol. The fraction of sp³-hybridized carbons (Fsp3) is 0.538. The lowest BCUT2D eigenvalue weighted by Crippen LogP contribution is -2.01. The summed E-state index contributed by atoms with van der Waals surface area (Å²) in [5.74, 6) is 1.54. The number of rotatable bonds is 6. The van der Waals surface area contributed by atoms with E-state index in [0.29, 0.717) is 0 Å². The van der Waals surface area contributed by atoms with Gasteiger partial charge in [0.05, 0.1) is 14.2 Å². The first-order chi connectivity index (χ1) is 7.12. The second-order valence-corrected chi connectivity index (χ2v) is 3.41. The van der Waals surface area contributed by atoms with Gasteiger partial charge in [-0.05, 0) is 31.4 Å². The summed E-state index contributed by atoms with van der Waals surface area (Å²) >= 11 is 0. The zero-order valence-electron chi connectivity index (χ0n) is 10.5. The first-order valence-electron chi connectivity index (χ1n) is 5.25. The topological polar surface area (TPSA) is 18.5 Å². The van der Waals surface area contributed by atoms with Crippen molar-refractivity contribution in [3.63, 3.8) is 0 Å². The van der Waals surface area contributed by atoms with Crippen LogP contribution in [-0.4, -0.2) is 14.2 Å². The van der Waals surface area contributed by atoms with E-state index in [1.165, 1.54) is 5.57 Å². The van der Waals surface area contributed by atoms with Crippen LogP contribution < -0.4 is 0 Å². The lowest BCUT2D eigenvalue weighted by atomic mass is 10.1. The minimum absolute atomic E-state index is 0.735. The number of ether oxygens (including phenoxy) is 2. The Morgan fingerprint density at radius 1 is 1.20 bits per heavy atom. The van der Waals surface area contributed by atoms with Crippen molar-refractivity contribution in [2.24, 2.45) is 0 Å². The van der Waals surface area contributed by atoms with E-state index in [2.05, 4.69) is 19.6 Å². The lowest BCUT2D eigenvalue weighted by Gasteiger charge is -2.15. The van der Waals surface area contributed by atoms with Gasteiger partial charge in [-0.3, -0.25) is 0 Å². The van der Waals surface area contributed by atoms with Gasteiger partial charge in [0.25, 0.3) is 0 Å². The Morgan fingerprint density at radius 3 is 2.00 bits per heavy atom. The molecule has 0 rings (SSSR count). The summed E-state index contributed by atoms with van der Waals surface area (Å²) in [6.07, 6.45) is 4.13. The third-order valence-corrected chi connectivity index (χ3v) is 2.16. The minimum Gasteiger partial charge on any atom is -0.493 e. The highest BCUT2D eigenvalue weighted by Gasteiger charge is 2.12. The zero-order chi connectivity index (χ0) is 11.8. The van der Waals surface area contributed by atoms with E-state index in [-0.39, 0.29) is 0 Å². The highest BCUT2D eigenvalue weighted by Crippen LogP contribution is 2.24. The van der Waals surface area contributed by atoms with Crippen molar-refractivity contribution in [2.75, 3.05) is 14.2 Å². The average molecular weight is 210 g/mol. The van der Waals surface area contributed by atoms with Gasteiger partial charge < -0.3 is 9.47 Å². The second-order valence-electron chi connectivity index (χ2n) is 3.41. The molecule has 0 aliphatic heterocycles. The van der Waals surface area contributed by atoms with Gasteiger partial charge in [0.2, 0.25) is 0 Å². The van der Waals surface area contributed by atoms with E-state index in [9.17, 15) is 0 Å². The van der Waals surface area contributed by atoms with Crippen LogP contribution in [0.15, 0.2) is 35.3 Å². The summed E-state index contributed by atoms with van der Waals surface area (Å²) in [4.78, 5) is 0. The van der Waals surface area contributed by atoms with E-state index < -0.39 is 0 Å². The van der Waals surface area contributed by atoms with Gasteiger partial charge in [0.1, 0.15) is 0 Å². The molecule has 0 aromatic heterocycles. The van der Waals surface area contributed by atoms with E-state index in [1.54, 1.807) is 14.2 Å². The van der Waals surface area contributed by atoms with E-state index in [0.717, 1.165) is 29.9 Å². The average Bonchev–Trinajstić information content (AvgIpc) is 2.22. The minimum atomic E-state index is 0.735. The maximum absolute atomic E-state index is 5.40. The Kier molecular flexibility index (Phi) is 6.59. The van der Waals surface area contributed by atoms with Crippen molar-refractivity contribution in [3.8, 4) is 0 Å². The van der Waals surface area contributed by atoms with Gasteiger partial charge in [0.15, 0.2) is 11.5 Å². The summed E-state index contributed by atoms with van der Waals surface area (Å²) in [6.45, 7) is 9.95. The Hall–Kier alpha value is -1.18. The van der Waals surface area contributed by atoms with Crippen LogP contribution in [0.2, 0.25) is 0 Å². The molecule has 2 heteroatoms. The van der Waals surface area contributed by atoms with Gasteiger partial charge in [0, 0.05) is 0 Å². The predicted octanol–water partition coefficient (Wildman–Crippen LogP) is 3.81. The lowest BCUT2D eigenvalue weighted by molar-refractivity contribution is 0.232. The molecule has 0 saturated carbocycles. The molecular weight excluding hydrogens is 188 g/mol. The molecule has 0 aromatic carbocycles. The van der Waals surface area contributed by atoms with Gasteiger partial charge in [-0.2, -0.15) is 0 Å². The Balaban J connectivity index is 5.24. The molecule has 0 aliphatic carbocycles. The summed E-state index contributed by atoms with van der Waals surface area (Å²) in [5.41, 5.74) is 2.05. The normalized spacial score (nSPS) is 13.3. The van der Waals surface area contributed by atoms with Gasteiger partial charge >= 0.3 is 0 Å². The summed E-state index contributed by atoms with van der Waals surface area (Å²) in [5, 5.41) is 0. The molecule has 15 heavy (non-hydrogen) atoms. The van der Waals surface area contributed by atoms with Crippen LogP contribution in [0, 0.1) is 0 Å². The fourth-order valence-corrected chi connectivity index (χ4v) is 1.49. The van der Waals surface area contributed by atoms with Crippen molar-refractivity contribution in [3.05, 3.63) is 35.3 Å². The third kappa shape index (κ3) is 3.82. The van der Waals surface area contributed by atoms with Crippen molar-refractivity contribution in [2.45, 2.75) is 33.6 Å². The molecule has 0 heterocycles. The maximum Gasteiger partial charge on any atom is 0.163 e. The molecule has 0 bridgehead atoms. The number of allylic oxidation sites excluding steroid dienone is 3. The maximum atomic E-state index is 5.40. The number of methoxy groups -OCH3 is 2. The summed E-state index contributed by atoms with van der Waals surface area (Å²) in [7, 11) is 3.30. The standard InChI is InChI=1S/C13H22O2/c1-7-9-11(8-2)13(15-6)12(14-5)10(3)4/h8H,3,7,9H2,1-2,4-6H3/b11-8-,13-12-. The largest absolute Gasteiger partial charge is 0.493 e. The molecule has 0 radical (unpaired) electrons. The van der Waals surface area contributed by atoms with Crippen molar-refractivity contribution < 1.29 is 9.47 Å². The molecule has 0 atom stereocenters. The molecule has 86 valence electrons. The van der Waals surface area contributed by atoms with Crippen LogP contribution in [0.5, 0.6) is 0 Å².